The van der Waals surface area contributed by atoms with Crippen molar-refractivity contribution in [3.63, 3.8) is 0 Å². The summed E-state index contributed by atoms with van der Waals surface area (Å²) < 4.78 is 0. The van der Waals surface area contributed by atoms with Crippen LogP contribution in [0.3, 0.4) is 0 Å². The minimum atomic E-state index is -0.947. The number of aromatic carboxylic acids is 1. The van der Waals surface area contributed by atoms with Crippen molar-refractivity contribution in [2.24, 2.45) is 10.2 Å². The van der Waals surface area contributed by atoms with Gasteiger partial charge in [0.25, 0.3) is 0 Å². The molecule has 25 heavy (non-hydrogen) atoms. The number of benzene rings is 3. The van der Waals surface area contributed by atoms with E-state index in [1.54, 1.807) is 30.5 Å². The van der Waals surface area contributed by atoms with Crippen molar-refractivity contribution in [1.29, 1.82) is 0 Å². The molecule has 0 aliphatic heterocycles. The maximum Gasteiger partial charge on any atom is 0.335 e. The summed E-state index contributed by atoms with van der Waals surface area (Å²) in [6, 6.07) is 26.2. The molecule has 1 N–H and O–H groups in total. The zero-order valence-corrected chi connectivity index (χ0v) is 13.4. The summed E-state index contributed by atoms with van der Waals surface area (Å²) >= 11 is 0. The van der Waals surface area contributed by atoms with Crippen LogP contribution in [0.5, 0.6) is 0 Å². The fourth-order valence-electron chi connectivity index (χ4n) is 2.34. The molecule has 0 aliphatic rings. The van der Waals surface area contributed by atoms with E-state index in [0.717, 1.165) is 22.4 Å². The molecule has 0 fully saturated rings. The van der Waals surface area contributed by atoms with Gasteiger partial charge in [0.1, 0.15) is 5.71 Å². The first-order valence-corrected chi connectivity index (χ1v) is 7.79. The summed E-state index contributed by atoms with van der Waals surface area (Å²) in [5, 5.41) is 17.5. The minimum absolute atomic E-state index is 0.245. The SMILES string of the molecule is O=C(O)c1ccc(/C=N/N=C(c2ccccc2)c2ccccc2)cc1. The van der Waals surface area contributed by atoms with E-state index in [4.69, 9.17) is 5.11 Å². The van der Waals surface area contributed by atoms with Crippen molar-refractivity contribution in [3.8, 4) is 0 Å². The summed E-state index contributed by atoms with van der Waals surface area (Å²) in [5.41, 5.74) is 3.77. The molecule has 4 heteroatoms. The number of carboxylic acid groups (broad SMARTS) is 1. The van der Waals surface area contributed by atoms with Crippen LogP contribution >= 0.6 is 0 Å². The highest BCUT2D eigenvalue weighted by atomic mass is 16.4. The molecule has 0 spiro atoms. The lowest BCUT2D eigenvalue weighted by Gasteiger charge is -2.05. The highest BCUT2D eigenvalue weighted by Crippen LogP contribution is 2.11. The first-order chi connectivity index (χ1) is 12.2. The summed E-state index contributed by atoms with van der Waals surface area (Å²) in [7, 11) is 0. The molecule has 0 bridgehead atoms. The third kappa shape index (κ3) is 4.26. The van der Waals surface area contributed by atoms with Gasteiger partial charge >= 0.3 is 5.97 Å². The molecule has 3 rings (SSSR count). The van der Waals surface area contributed by atoms with Crippen LogP contribution in [-0.4, -0.2) is 23.0 Å². The molecule has 0 unspecified atom stereocenters. The predicted octanol–water partition coefficient (Wildman–Crippen LogP) is 4.26. The van der Waals surface area contributed by atoms with Crippen molar-refractivity contribution in [2.45, 2.75) is 0 Å². The van der Waals surface area contributed by atoms with Crippen molar-refractivity contribution < 1.29 is 9.90 Å². The molecular formula is C21H16N2O2. The van der Waals surface area contributed by atoms with Gasteiger partial charge in [-0.25, -0.2) is 4.79 Å². The van der Waals surface area contributed by atoms with Crippen molar-refractivity contribution in [3.05, 3.63) is 107 Å². The Kier molecular flexibility index (Phi) is 5.12. The van der Waals surface area contributed by atoms with E-state index in [1.807, 2.05) is 60.7 Å². The molecule has 0 aromatic heterocycles. The number of hydrogen-bond donors (Lipinski definition) is 1. The Hall–Kier alpha value is -3.53. The highest BCUT2D eigenvalue weighted by molar-refractivity contribution is 6.12. The molecular weight excluding hydrogens is 312 g/mol. The molecule has 0 amide bonds. The lowest BCUT2D eigenvalue weighted by Crippen LogP contribution is -2.02. The number of nitrogens with zero attached hydrogens (tertiary/aromatic N) is 2. The van der Waals surface area contributed by atoms with Gasteiger partial charge in [0.05, 0.1) is 11.8 Å². The van der Waals surface area contributed by atoms with Crippen LogP contribution in [0.25, 0.3) is 0 Å². The van der Waals surface area contributed by atoms with Gasteiger partial charge in [0, 0.05) is 11.1 Å². The monoisotopic (exact) mass is 328 g/mol. The van der Waals surface area contributed by atoms with Crippen LogP contribution in [0.15, 0.2) is 95.1 Å². The van der Waals surface area contributed by atoms with Crippen LogP contribution < -0.4 is 0 Å². The second kappa shape index (κ2) is 7.84. The molecule has 4 nitrogen and oxygen atoms in total. The van der Waals surface area contributed by atoms with Crippen LogP contribution in [0.1, 0.15) is 27.0 Å². The van der Waals surface area contributed by atoms with E-state index in [9.17, 15) is 4.79 Å². The second-order valence-corrected chi connectivity index (χ2v) is 5.35. The van der Waals surface area contributed by atoms with Crippen molar-refractivity contribution in [2.75, 3.05) is 0 Å². The maximum atomic E-state index is 10.9. The van der Waals surface area contributed by atoms with E-state index in [2.05, 4.69) is 10.2 Å². The Morgan fingerprint density at radius 3 is 1.72 bits per heavy atom. The lowest BCUT2D eigenvalue weighted by atomic mass is 10.0. The number of carbonyl (C=O) groups is 1. The van der Waals surface area contributed by atoms with Crippen LogP contribution in [0, 0.1) is 0 Å². The smallest absolute Gasteiger partial charge is 0.335 e. The molecule has 0 saturated carbocycles. The van der Waals surface area contributed by atoms with Crippen LogP contribution in [0.2, 0.25) is 0 Å². The van der Waals surface area contributed by atoms with Gasteiger partial charge in [0.2, 0.25) is 0 Å². The fourth-order valence-corrected chi connectivity index (χ4v) is 2.34. The van der Waals surface area contributed by atoms with E-state index in [0.29, 0.717) is 0 Å². The van der Waals surface area contributed by atoms with E-state index in [-0.39, 0.29) is 5.56 Å². The summed E-state index contributed by atoms with van der Waals surface area (Å²) in [4.78, 5) is 10.9. The molecule has 0 atom stereocenters. The van der Waals surface area contributed by atoms with Gasteiger partial charge in [-0.15, -0.1) is 5.10 Å². The summed E-state index contributed by atoms with van der Waals surface area (Å²) in [6.45, 7) is 0. The van der Waals surface area contributed by atoms with E-state index < -0.39 is 5.97 Å². The topological polar surface area (TPSA) is 62.0 Å². The van der Waals surface area contributed by atoms with E-state index >= 15 is 0 Å². The molecule has 122 valence electrons. The van der Waals surface area contributed by atoms with Crippen LogP contribution in [0.4, 0.5) is 0 Å². The standard InChI is InChI=1S/C21H16N2O2/c24-21(25)19-13-11-16(12-14-19)15-22-23-20(17-7-3-1-4-8-17)18-9-5-2-6-10-18/h1-15H,(H,24,25)/b22-15+. The number of carboxylic acids is 1. The number of rotatable bonds is 5. The molecule has 0 radical (unpaired) electrons. The Morgan fingerprint density at radius 1 is 0.720 bits per heavy atom. The second-order valence-electron chi connectivity index (χ2n) is 5.35. The highest BCUT2D eigenvalue weighted by Gasteiger charge is 2.05. The average molecular weight is 328 g/mol. The molecule has 0 aliphatic carbocycles. The van der Waals surface area contributed by atoms with Crippen molar-refractivity contribution >= 4 is 17.9 Å². The first kappa shape index (κ1) is 16.3. The first-order valence-electron chi connectivity index (χ1n) is 7.79. The molecule has 3 aromatic rings. The van der Waals surface area contributed by atoms with Gasteiger partial charge in [-0.3, -0.25) is 0 Å². The third-order valence-corrected chi connectivity index (χ3v) is 3.62. The Bertz CT molecular complexity index is 858. The summed E-state index contributed by atoms with van der Waals surface area (Å²) in [6.07, 6.45) is 1.61. The van der Waals surface area contributed by atoms with Crippen LogP contribution in [-0.2, 0) is 0 Å². The maximum absolute atomic E-state index is 10.9. The predicted molar refractivity (Wildman–Crippen MR) is 99.5 cm³/mol. The molecule has 0 saturated heterocycles. The largest absolute Gasteiger partial charge is 0.478 e. The molecule has 3 aromatic carbocycles. The zero-order chi connectivity index (χ0) is 17.5. The lowest BCUT2D eigenvalue weighted by molar-refractivity contribution is 0.0697. The average Bonchev–Trinajstić information content (AvgIpc) is 2.67. The fraction of sp³-hybridized carbons (Fsp3) is 0. The van der Waals surface area contributed by atoms with Gasteiger partial charge < -0.3 is 5.11 Å². The Labute approximate surface area is 145 Å². The third-order valence-electron chi connectivity index (χ3n) is 3.62. The molecule has 0 heterocycles. The Balaban J connectivity index is 1.90. The van der Waals surface area contributed by atoms with Gasteiger partial charge in [-0.1, -0.05) is 72.8 Å². The van der Waals surface area contributed by atoms with Crippen molar-refractivity contribution in [1.82, 2.24) is 0 Å². The van der Waals surface area contributed by atoms with Gasteiger partial charge in [0.15, 0.2) is 0 Å². The van der Waals surface area contributed by atoms with Gasteiger partial charge in [-0.2, -0.15) is 5.10 Å². The van der Waals surface area contributed by atoms with Gasteiger partial charge in [-0.05, 0) is 17.7 Å². The summed E-state index contributed by atoms with van der Waals surface area (Å²) in [5.74, 6) is -0.947. The quantitative estimate of drug-likeness (QED) is 0.562. The van der Waals surface area contributed by atoms with E-state index in [1.165, 1.54) is 0 Å². The number of hydrogen-bond acceptors (Lipinski definition) is 3. The normalized spacial score (nSPS) is 10.6. The minimum Gasteiger partial charge on any atom is -0.478 e. The Morgan fingerprint density at radius 2 is 1.24 bits per heavy atom. The zero-order valence-electron chi connectivity index (χ0n) is 13.4.